The highest BCUT2D eigenvalue weighted by Gasteiger charge is 2.16. The van der Waals surface area contributed by atoms with Crippen LogP contribution >= 0.6 is 11.3 Å². The van der Waals surface area contributed by atoms with Gasteiger partial charge in [0.2, 0.25) is 0 Å². The fraction of sp³-hybridized carbons (Fsp3) is 0.522. The third kappa shape index (κ3) is 7.14. The molecule has 5 nitrogen and oxygen atoms in total. The minimum Gasteiger partial charge on any atom is -0.393 e. The molecular weight excluding hydrogens is 380 g/mol. The minimum atomic E-state index is -0.112. The summed E-state index contributed by atoms with van der Waals surface area (Å²) >= 11 is 1.80. The Hall–Kier alpha value is -1.89. The van der Waals surface area contributed by atoms with Gasteiger partial charge in [0.05, 0.1) is 12.6 Å². The standard InChI is InChI=1S/C23H34N4OS/c1-3-24-23(25-15-18(2)22-5-4-14-29-22)26-16-19-6-8-20(9-7-19)17-27-12-10-21(28)11-13-27/h4-9,14,18,21,28H,3,10-13,15-17H2,1-2H3,(H2,24,25,26). The van der Waals surface area contributed by atoms with Crippen molar-refractivity contribution in [2.24, 2.45) is 4.99 Å². The van der Waals surface area contributed by atoms with Crippen molar-refractivity contribution >= 4 is 17.3 Å². The van der Waals surface area contributed by atoms with Crippen LogP contribution in [0.1, 0.15) is 48.6 Å². The van der Waals surface area contributed by atoms with E-state index in [1.165, 1.54) is 16.0 Å². The lowest BCUT2D eigenvalue weighted by Crippen LogP contribution is -2.39. The number of aliphatic imine (C=N–C) groups is 1. The molecule has 1 aliphatic heterocycles. The van der Waals surface area contributed by atoms with Crippen LogP contribution in [0.25, 0.3) is 0 Å². The van der Waals surface area contributed by atoms with Crippen LogP contribution in [0, 0.1) is 0 Å². The van der Waals surface area contributed by atoms with Crippen molar-refractivity contribution in [3.63, 3.8) is 0 Å². The fourth-order valence-electron chi connectivity index (χ4n) is 3.52. The molecule has 1 aliphatic rings. The van der Waals surface area contributed by atoms with Gasteiger partial charge in [-0.1, -0.05) is 37.3 Å². The highest BCUT2D eigenvalue weighted by molar-refractivity contribution is 7.10. The van der Waals surface area contributed by atoms with Crippen LogP contribution in [0.4, 0.5) is 0 Å². The molecule has 1 atom stereocenters. The Kier molecular flexibility index (Phi) is 8.52. The highest BCUT2D eigenvalue weighted by Crippen LogP contribution is 2.19. The van der Waals surface area contributed by atoms with Crippen LogP contribution in [0.2, 0.25) is 0 Å². The van der Waals surface area contributed by atoms with Crippen molar-refractivity contribution in [2.45, 2.75) is 51.8 Å². The Bertz CT molecular complexity index is 737. The van der Waals surface area contributed by atoms with Gasteiger partial charge in [-0.3, -0.25) is 4.90 Å². The van der Waals surface area contributed by atoms with E-state index in [4.69, 9.17) is 4.99 Å². The van der Waals surface area contributed by atoms with Gasteiger partial charge in [-0.05, 0) is 42.3 Å². The molecule has 29 heavy (non-hydrogen) atoms. The van der Waals surface area contributed by atoms with Gasteiger partial charge in [0.1, 0.15) is 0 Å². The number of guanidine groups is 1. The van der Waals surface area contributed by atoms with Crippen LogP contribution < -0.4 is 10.6 Å². The maximum atomic E-state index is 9.64. The molecule has 2 aromatic rings. The van der Waals surface area contributed by atoms with Gasteiger partial charge in [-0.25, -0.2) is 4.99 Å². The Morgan fingerprint density at radius 1 is 1.17 bits per heavy atom. The predicted octanol–water partition coefficient (Wildman–Crippen LogP) is 3.56. The minimum absolute atomic E-state index is 0.112. The summed E-state index contributed by atoms with van der Waals surface area (Å²) in [7, 11) is 0. The first-order valence-electron chi connectivity index (χ1n) is 10.7. The average Bonchev–Trinajstić information content (AvgIpc) is 3.28. The molecule has 0 spiro atoms. The second-order valence-corrected chi connectivity index (χ2v) is 8.80. The Labute approximate surface area is 178 Å². The summed E-state index contributed by atoms with van der Waals surface area (Å²) in [6.07, 6.45) is 1.66. The number of hydrogen-bond donors (Lipinski definition) is 3. The predicted molar refractivity (Wildman–Crippen MR) is 123 cm³/mol. The van der Waals surface area contributed by atoms with Crippen LogP contribution in [0.15, 0.2) is 46.8 Å². The van der Waals surface area contributed by atoms with Gasteiger partial charge >= 0.3 is 0 Å². The van der Waals surface area contributed by atoms with Gasteiger partial charge < -0.3 is 15.7 Å². The van der Waals surface area contributed by atoms with Gasteiger partial charge in [-0.15, -0.1) is 11.3 Å². The van der Waals surface area contributed by atoms with E-state index < -0.39 is 0 Å². The molecule has 158 valence electrons. The van der Waals surface area contributed by atoms with Crippen LogP contribution in [-0.4, -0.2) is 48.2 Å². The van der Waals surface area contributed by atoms with Crippen molar-refractivity contribution < 1.29 is 5.11 Å². The number of hydrogen-bond acceptors (Lipinski definition) is 4. The number of thiophene rings is 1. The van der Waals surface area contributed by atoms with Crippen LogP contribution in [0.3, 0.4) is 0 Å². The summed E-state index contributed by atoms with van der Waals surface area (Å²) < 4.78 is 0. The van der Waals surface area contributed by atoms with Gasteiger partial charge in [-0.2, -0.15) is 0 Å². The molecule has 3 rings (SSSR count). The largest absolute Gasteiger partial charge is 0.393 e. The van der Waals surface area contributed by atoms with E-state index in [0.717, 1.165) is 51.5 Å². The molecule has 0 saturated carbocycles. The number of benzene rings is 1. The molecule has 6 heteroatoms. The smallest absolute Gasteiger partial charge is 0.191 e. The first kappa shape index (κ1) is 21.8. The number of nitrogens with one attached hydrogen (secondary N) is 2. The van der Waals surface area contributed by atoms with Gasteiger partial charge in [0.25, 0.3) is 0 Å². The third-order valence-corrected chi connectivity index (χ3v) is 6.46. The molecule has 3 N–H and O–H groups in total. The van der Waals surface area contributed by atoms with E-state index >= 15 is 0 Å². The van der Waals surface area contributed by atoms with Gasteiger partial charge in [0, 0.05) is 43.5 Å². The molecule has 1 aromatic carbocycles. The van der Waals surface area contributed by atoms with Crippen LogP contribution in [-0.2, 0) is 13.1 Å². The number of aliphatic hydroxyl groups excluding tert-OH is 1. The van der Waals surface area contributed by atoms with Gasteiger partial charge in [0.15, 0.2) is 5.96 Å². The van der Waals surface area contributed by atoms with Crippen molar-refractivity contribution in [3.8, 4) is 0 Å². The molecule has 1 unspecified atom stereocenters. The van der Waals surface area contributed by atoms with Crippen LogP contribution in [0.5, 0.6) is 0 Å². The number of nitrogens with zero attached hydrogens (tertiary/aromatic N) is 2. The summed E-state index contributed by atoms with van der Waals surface area (Å²) in [6, 6.07) is 13.1. The van der Waals surface area contributed by atoms with E-state index in [-0.39, 0.29) is 6.10 Å². The summed E-state index contributed by atoms with van der Waals surface area (Å²) in [5.41, 5.74) is 2.54. The molecule has 1 fully saturated rings. The zero-order valence-electron chi connectivity index (χ0n) is 17.6. The SMILES string of the molecule is CCNC(=NCc1ccc(CN2CCC(O)CC2)cc1)NCC(C)c1cccs1. The number of rotatable bonds is 8. The Morgan fingerprint density at radius 2 is 1.90 bits per heavy atom. The van der Waals surface area contributed by atoms with E-state index in [2.05, 4.69) is 71.2 Å². The molecule has 0 bridgehead atoms. The Balaban J connectivity index is 1.49. The molecule has 0 amide bonds. The molecule has 0 aliphatic carbocycles. The lowest BCUT2D eigenvalue weighted by molar-refractivity contribution is 0.0792. The molecular formula is C23H34N4OS. The second kappa shape index (κ2) is 11.3. The van der Waals surface area contributed by atoms with Crippen molar-refractivity contribution in [1.82, 2.24) is 15.5 Å². The quantitative estimate of drug-likeness (QED) is 0.457. The second-order valence-electron chi connectivity index (χ2n) is 7.82. The summed E-state index contributed by atoms with van der Waals surface area (Å²) in [5.74, 6) is 1.33. The maximum Gasteiger partial charge on any atom is 0.191 e. The average molecular weight is 415 g/mol. The molecule has 0 radical (unpaired) electrons. The van der Waals surface area contributed by atoms with Crippen molar-refractivity contribution in [1.29, 1.82) is 0 Å². The number of likely N-dealkylation sites (tertiary alicyclic amines) is 1. The first-order valence-corrected chi connectivity index (χ1v) is 11.6. The van der Waals surface area contributed by atoms with E-state index in [0.29, 0.717) is 12.5 Å². The van der Waals surface area contributed by atoms with E-state index in [1.54, 1.807) is 11.3 Å². The third-order valence-electron chi connectivity index (χ3n) is 5.35. The van der Waals surface area contributed by atoms with E-state index in [9.17, 15) is 5.11 Å². The van der Waals surface area contributed by atoms with E-state index in [1.807, 2.05) is 0 Å². The monoisotopic (exact) mass is 414 g/mol. The summed E-state index contributed by atoms with van der Waals surface area (Å²) in [4.78, 5) is 8.56. The first-order chi connectivity index (χ1) is 14.1. The zero-order valence-corrected chi connectivity index (χ0v) is 18.4. The molecule has 2 heterocycles. The lowest BCUT2D eigenvalue weighted by Gasteiger charge is -2.29. The lowest BCUT2D eigenvalue weighted by atomic mass is 10.1. The number of aliphatic hydroxyl groups is 1. The maximum absolute atomic E-state index is 9.64. The van der Waals surface area contributed by atoms with Crippen molar-refractivity contribution in [3.05, 3.63) is 57.8 Å². The zero-order chi connectivity index (χ0) is 20.5. The highest BCUT2D eigenvalue weighted by atomic mass is 32.1. The summed E-state index contributed by atoms with van der Waals surface area (Å²) in [5, 5.41) is 18.6. The number of piperidine rings is 1. The normalized spacial score (nSPS) is 17.3. The molecule has 1 aromatic heterocycles. The van der Waals surface area contributed by atoms with Crippen molar-refractivity contribution in [2.75, 3.05) is 26.2 Å². The molecule has 1 saturated heterocycles. The Morgan fingerprint density at radius 3 is 2.55 bits per heavy atom. The summed E-state index contributed by atoms with van der Waals surface area (Å²) in [6.45, 7) is 9.64. The fourth-order valence-corrected chi connectivity index (χ4v) is 4.31. The topological polar surface area (TPSA) is 59.9 Å².